The first-order valence-electron chi connectivity index (χ1n) is 6.88. The number of rotatable bonds is 7. The van der Waals surface area contributed by atoms with Crippen molar-refractivity contribution in [1.29, 1.82) is 0 Å². The molecule has 18 heavy (non-hydrogen) atoms. The monoisotopic (exact) mass is 257 g/mol. The minimum atomic E-state index is -0.880. The molecule has 1 rings (SSSR count). The Morgan fingerprint density at radius 3 is 2.89 bits per heavy atom. The zero-order valence-electron chi connectivity index (χ0n) is 11.7. The lowest BCUT2D eigenvalue weighted by Gasteiger charge is -2.33. The summed E-state index contributed by atoms with van der Waals surface area (Å²) < 4.78 is 5.66. The number of primary amides is 1. The molecule has 1 amide bonds. The number of nitrogens with two attached hydrogens (primary N) is 2. The Bertz CT molecular complexity index is 267. The van der Waals surface area contributed by atoms with Crippen LogP contribution in [0.4, 0.5) is 0 Å². The zero-order chi connectivity index (χ0) is 13.6. The predicted octanol–water partition coefficient (Wildman–Crippen LogP) is 0.470. The van der Waals surface area contributed by atoms with E-state index in [2.05, 4.69) is 4.90 Å². The van der Waals surface area contributed by atoms with Crippen LogP contribution in [0.5, 0.6) is 0 Å². The van der Waals surface area contributed by atoms with Gasteiger partial charge in [0.1, 0.15) is 0 Å². The molecule has 1 saturated heterocycles. The van der Waals surface area contributed by atoms with E-state index >= 15 is 0 Å². The van der Waals surface area contributed by atoms with Crippen molar-refractivity contribution >= 4 is 5.91 Å². The molecule has 1 heterocycles. The first kappa shape index (κ1) is 15.4. The molecule has 1 fully saturated rings. The SMILES string of the molecule is CCOC1CCCN(CCCC(C)(N)C(N)=O)C1. The lowest BCUT2D eigenvalue weighted by Crippen LogP contribution is -2.49. The van der Waals surface area contributed by atoms with E-state index in [-0.39, 0.29) is 0 Å². The van der Waals surface area contributed by atoms with Crippen molar-refractivity contribution in [2.75, 3.05) is 26.2 Å². The summed E-state index contributed by atoms with van der Waals surface area (Å²) in [5.41, 5.74) is 10.2. The van der Waals surface area contributed by atoms with Crippen molar-refractivity contribution in [3.05, 3.63) is 0 Å². The van der Waals surface area contributed by atoms with E-state index in [1.807, 2.05) is 6.92 Å². The van der Waals surface area contributed by atoms with Gasteiger partial charge in [-0.25, -0.2) is 0 Å². The summed E-state index contributed by atoms with van der Waals surface area (Å²) in [6, 6.07) is 0. The summed E-state index contributed by atoms with van der Waals surface area (Å²) in [5.74, 6) is -0.423. The van der Waals surface area contributed by atoms with Crippen molar-refractivity contribution in [3.8, 4) is 0 Å². The molecule has 1 aliphatic heterocycles. The van der Waals surface area contributed by atoms with E-state index < -0.39 is 11.4 Å². The third-order valence-corrected chi connectivity index (χ3v) is 3.60. The van der Waals surface area contributed by atoms with E-state index in [9.17, 15) is 4.79 Å². The van der Waals surface area contributed by atoms with Crippen LogP contribution < -0.4 is 11.5 Å². The summed E-state index contributed by atoms with van der Waals surface area (Å²) in [6.45, 7) is 7.58. The second-order valence-electron chi connectivity index (χ2n) is 5.41. The minimum absolute atomic E-state index is 0.365. The maximum atomic E-state index is 11.1. The van der Waals surface area contributed by atoms with Crippen molar-refractivity contribution in [2.24, 2.45) is 11.5 Å². The largest absolute Gasteiger partial charge is 0.377 e. The van der Waals surface area contributed by atoms with Crippen LogP contribution in [0.25, 0.3) is 0 Å². The Hall–Kier alpha value is -0.650. The summed E-state index contributed by atoms with van der Waals surface area (Å²) in [4.78, 5) is 13.5. The van der Waals surface area contributed by atoms with Gasteiger partial charge in [0, 0.05) is 13.2 Å². The molecule has 5 heteroatoms. The maximum Gasteiger partial charge on any atom is 0.237 e. The van der Waals surface area contributed by atoms with Gasteiger partial charge in [0.05, 0.1) is 11.6 Å². The van der Waals surface area contributed by atoms with Gasteiger partial charge in [0.2, 0.25) is 5.91 Å². The highest BCUT2D eigenvalue weighted by atomic mass is 16.5. The van der Waals surface area contributed by atoms with Gasteiger partial charge in [-0.2, -0.15) is 0 Å². The van der Waals surface area contributed by atoms with Crippen LogP contribution in [-0.2, 0) is 9.53 Å². The number of hydrogen-bond acceptors (Lipinski definition) is 4. The van der Waals surface area contributed by atoms with Crippen molar-refractivity contribution in [3.63, 3.8) is 0 Å². The summed E-state index contributed by atoms with van der Waals surface area (Å²) in [5, 5.41) is 0. The topological polar surface area (TPSA) is 81.6 Å². The lowest BCUT2D eigenvalue weighted by molar-refractivity contribution is -0.122. The smallest absolute Gasteiger partial charge is 0.237 e. The highest BCUT2D eigenvalue weighted by molar-refractivity contribution is 5.83. The molecule has 0 aromatic carbocycles. The molecule has 0 radical (unpaired) electrons. The third-order valence-electron chi connectivity index (χ3n) is 3.60. The Morgan fingerprint density at radius 2 is 2.28 bits per heavy atom. The molecule has 0 spiro atoms. The number of nitrogens with zero attached hydrogens (tertiary/aromatic N) is 1. The van der Waals surface area contributed by atoms with Gasteiger partial charge in [0.15, 0.2) is 0 Å². The Balaban J connectivity index is 2.25. The Kier molecular flexibility index (Phi) is 6.05. The van der Waals surface area contributed by atoms with Crippen molar-refractivity contribution in [2.45, 2.75) is 51.2 Å². The minimum Gasteiger partial charge on any atom is -0.377 e. The second kappa shape index (κ2) is 7.07. The molecule has 106 valence electrons. The van der Waals surface area contributed by atoms with E-state index in [1.165, 1.54) is 6.42 Å². The lowest BCUT2D eigenvalue weighted by atomic mass is 9.96. The molecule has 0 bridgehead atoms. The number of piperidine rings is 1. The molecular weight excluding hydrogens is 230 g/mol. The fourth-order valence-corrected chi connectivity index (χ4v) is 2.38. The van der Waals surface area contributed by atoms with Crippen LogP contribution >= 0.6 is 0 Å². The molecule has 4 N–H and O–H groups in total. The van der Waals surface area contributed by atoms with Crippen LogP contribution in [-0.4, -0.2) is 48.7 Å². The standard InChI is InChI=1S/C13H27N3O2/c1-3-18-11-6-4-8-16(10-11)9-5-7-13(2,15)12(14)17/h11H,3-10,15H2,1-2H3,(H2,14,17). The fourth-order valence-electron chi connectivity index (χ4n) is 2.38. The van der Waals surface area contributed by atoms with Crippen LogP contribution in [0.1, 0.15) is 39.5 Å². The summed E-state index contributed by atoms with van der Waals surface area (Å²) in [6.07, 6.45) is 4.23. The molecule has 0 aromatic heterocycles. The van der Waals surface area contributed by atoms with E-state index in [0.717, 1.165) is 39.1 Å². The zero-order valence-corrected chi connectivity index (χ0v) is 11.7. The summed E-state index contributed by atoms with van der Waals surface area (Å²) >= 11 is 0. The highest BCUT2D eigenvalue weighted by Crippen LogP contribution is 2.15. The first-order chi connectivity index (χ1) is 8.45. The quantitative estimate of drug-likeness (QED) is 0.694. The van der Waals surface area contributed by atoms with Gasteiger partial charge >= 0.3 is 0 Å². The number of amides is 1. The van der Waals surface area contributed by atoms with Crippen LogP contribution in [0.15, 0.2) is 0 Å². The molecule has 0 saturated carbocycles. The summed E-state index contributed by atoms with van der Waals surface area (Å²) in [7, 11) is 0. The Morgan fingerprint density at radius 1 is 1.56 bits per heavy atom. The predicted molar refractivity (Wildman–Crippen MR) is 72.1 cm³/mol. The maximum absolute atomic E-state index is 11.1. The molecule has 0 aliphatic carbocycles. The van der Waals surface area contributed by atoms with Crippen molar-refractivity contribution in [1.82, 2.24) is 4.90 Å². The molecular formula is C13H27N3O2. The first-order valence-corrected chi connectivity index (χ1v) is 6.88. The van der Waals surface area contributed by atoms with Gasteiger partial charge in [-0.15, -0.1) is 0 Å². The highest BCUT2D eigenvalue weighted by Gasteiger charge is 2.26. The van der Waals surface area contributed by atoms with Gasteiger partial charge < -0.3 is 21.1 Å². The Labute approximate surface area is 110 Å². The van der Waals surface area contributed by atoms with Crippen LogP contribution in [0.2, 0.25) is 0 Å². The molecule has 1 aliphatic rings. The van der Waals surface area contributed by atoms with Gasteiger partial charge in [0.25, 0.3) is 0 Å². The molecule has 2 atom stereocenters. The van der Waals surface area contributed by atoms with E-state index in [1.54, 1.807) is 6.92 Å². The second-order valence-corrected chi connectivity index (χ2v) is 5.41. The fraction of sp³-hybridized carbons (Fsp3) is 0.923. The number of hydrogen-bond donors (Lipinski definition) is 2. The van der Waals surface area contributed by atoms with E-state index in [4.69, 9.17) is 16.2 Å². The number of ether oxygens (including phenoxy) is 1. The third kappa shape index (κ3) is 4.92. The van der Waals surface area contributed by atoms with Gasteiger partial charge in [-0.1, -0.05) is 0 Å². The average Bonchev–Trinajstić information content (AvgIpc) is 2.29. The average molecular weight is 257 g/mol. The van der Waals surface area contributed by atoms with Gasteiger partial charge in [-0.05, 0) is 52.6 Å². The molecule has 2 unspecified atom stereocenters. The molecule has 5 nitrogen and oxygen atoms in total. The number of carbonyl (C=O) groups excluding carboxylic acids is 1. The number of likely N-dealkylation sites (tertiary alicyclic amines) is 1. The van der Waals surface area contributed by atoms with E-state index in [0.29, 0.717) is 12.5 Å². The van der Waals surface area contributed by atoms with Gasteiger partial charge in [-0.3, -0.25) is 4.79 Å². The number of carbonyl (C=O) groups is 1. The normalized spacial score (nSPS) is 24.7. The van der Waals surface area contributed by atoms with Crippen LogP contribution in [0, 0.1) is 0 Å². The van der Waals surface area contributed by atoms with Crippen LogP contribution in [0.3, 0.4) is 0 Å². The van der Waals surface area contributed by atoms with Crippen molar-refractivity contribution < 1.29 is 9.53 Å². The molecule has 0 aromatic rings.